The highest BCUT2D eigenvalue weighted by Crippen LogP contribution is 2.21. The molecule has 1 saturated heterocycles. The van der Waals surface area contributed by atoms with Crippen molar-refractivity contribution in [3.63, 3.8) is 0 Å². The third-order valence-electron chi connectivity index (χ3n) is 3.42. The summed E-state index contributed by atoms with van der Waals surface area (Å²) in [4.78, 5) is 14.3. The van der Waals surface area contributed by atoms with Crippen LogP contribution in [0.1, 0.15) is 17.4 Å². The number of nitrogen functional groups attached to an aromatic ring is 1. The molecule has 0 aliphatic carbocycles. The van der Waals surface area contributed by atoms with E-state index in [9.17, 15) is 4.79 Å². The minimum absolute atomic E-state index is 0.0639. The number of carbonyl (C=O) groups is 1. The molecule has 3 rings (SSSR count). The molecule has 100 valence electrons. The van der Waals surface area contributed by atoms with E-state index in [1.807, 2.05) is 13.0 Å². The lowest BCUT2D eigenvalue weighted by atomic mass is 10.1. The Bertz CT molecular complexity index is 622. The molecule has 1 amide bonds. The average Bonchev–Trinajstić information content (AvgIpc) is 2.81. The number of rotatable bonds is 1. The van der Waals surface area contributed by atoms with Crippen LogP contribution in [0.25, 0.3) is 10.9 Å². The fraction of sp³-hybridized carbons (Fsp3) is 0.385. The molecule has 6 nitrogen and oxygen atoms in total. The van der Waals surface area contributed by atoms with E-state index in [1.165, 1.54) is 0 Å². The molecule has 6 heteroatoms. The molecule has 1 aromatic heterocycles. The van der Waals surface area contributed by atoms with Crippen molar-refractivity contribution in [2.45, 2.75) is 13.0 Å². The molecule has 3 N–H and O–H groups in total. The van der Waals surface area contributed by atoms with E-state index in [1.54, 1.807) is 17.0 Å². The third kappa shape index (κ3) is 2.04. The highest BCUT2D eigenvalue weighted by atomic mass is 16.5. The van der Waals surface area contributed by atoms with Gasteiger partial charge in [-0.3, -0.25) is 9.89 Å². The molecular weight excluding hydrogens is 244 g/mol. The number of nitrogens with one attached hydrogen (secondary N) is 1. The van der Waals surface area contributed by atoms with Gasteiger partial charge in [-0.1, -0.05) is 0 Å². The number of benzene rings is 1. The van der Waals surface area contributed by atoms with Crippen LogP contribution >= 0.6 is 0 Å². The number of aromatic nitrogens is 2. The summed E-state index contributed by atoms with van der Waals surface area (Å²) in [5, 5.41) is 7.77. The smallest absolute Gasteiger partial charge is 0.275 e. The van der Waals surface area contributed by atoms with Gasteiger partial charge in [-0.05, 0) is 25.1 Å². The fourth-order valence-electron chi connectivity index (χ4n) is 2.36. The number of amides is 1. The second kappa shape index (κ2) is 4.55. The molecule has 19 heavy (non-hydrogen) atoms. The van der Waals surface area contributed by atoms with E-state index in [2.05, 4.69) is 10.2 Å². The van der Waals surface area contributed by atoms with Crippen LogP contribution < -0.4 is 5.73 Å². The first-order valence-electron chi connectivity index (χ1n) is 6.29. The van der Waals surface area contributed by atoms with Crippen molar-refractivity contribution in [3.05, 3.63) is 23.9 Å². The Balaban J connectivity index is 1.99. The summed E-state index contributed by atoms with van der Waals surface area (Å²) in [7, 11) is 0. The van der Waals surface area contributed by atoms with Gasteiger partial charge in [-0.25, -0.2) is 0 Å². The highest BCUT2D eigenvalue weighted by Gasteiger charge is 2.27. The molecular formula is C13H16N4O2. The van der Waals surface area contributed by atoms with Crippen molar-refractivity contribution < 1.29 is 9.53 Å². The van der Waals surface area contributed by atoms with Crippen LogP contribution in [0.3, 0.4) is 0 Å². The van der Waals surface area contributed by atoms with Crippen LogP contribution in [-0.4, -0.2) is 46.8 Å². The number of nitrogens with two attached hydrogens (primary N) is 1. The number of hydrogen-bond acceptors (Lipinski definition) is 4. The van der Waals surface area contributed by atoms with Gasteiger partial charge in [0.05, 0.1) is 24.8 Å². The van der Waals surface area contributed by atoms with Gasteiger partial charge >= 0.3 is 0 Å². The number of nitrogens with zero attached hydrogens (tertiary/aromatic N) is 2. The quantitative estimate of drug-likeness (QED) is 0.749. The number of morpholine rings is 1. The lowest BCUT2D eigenvalue weighted by molar-refractivity contribution is 0.00338. The predicted octanol–water partition coefficient (Wildman–Crippen LogP) is 1.01. The zero-order chi connectivity index (χ0) is 13.4. The zero-order valence-electron chi connectivity index (χ0n) is 10.7. The molecule has 0 unspecified atom stereocenters. The van der Waals surface area contributed by atoms with Gasteiger partial charge in [0.15, 0.2) is 5.69 Å². The Morgan fingerprint density at radius 3 is 3.21 bits per heavy atom. The lowest BCUT2D eigenvalue weighted by Gasteiger charge is -2.32. The highest BCUT2D eigenvalue weighted by molar-refractivity contribution is 6.05. The molecule has 0 spiro atoms. The normalized spacial score (nSPS) is 19.8. The number of fused-ring (bicyclic) bond motifs is 1. The minimum Gasteiger partial charge on any atom is -0.399 e. The van der Waals surface area contributed by atoms with Crippen LogP contribution in [0.5, 0.6) is 0 Å². The molecule has 1 fully saturated rings. The molecule has 1 atom stereocenters. The molecule has 1 aliphatic heterocycles. The average molecular weight is 260 g/mol. The number of aromatic amines is 1. The van der Waals surface area contributed by atoms with E-state index < -0.39 is 0 Å². The number of ether oxygens (including phenoxy) is 1. The second-order valence-electron chi connectivity index (χ2n) is 4.80. The summed E-state index contributed by atoms with van der Waals surface area (Å²) in [6, 6.07) is 5.45. The van der Waals surface area contributed by atoms with Crippen LogP contribution in [0.2, 0.25) is 0 Å². The molecule has 0 bridgehead atoms. The van der Waals surface area contributed by atoms with Gasteiger partial charge in [0.2, 0.25) is 0 Å². The lowest BCUT2D eigenvalue weighted by Crippen LogP contribution is -2.47. The minimum atomic E-state index is -0.0762. The van der Waals surface area contributed by atoms with Crippen molar-refractivity contribution in [2.75, 3.05) is 25.5 Å². The summed E-state index contributed by atoms with van der Waals surface area (Å²) in [5.74, 6) is -0.0762. The van der Waals surface area contributed by atoms with Gasteiger partial charge in [0.1, 0.15) is 0 Å². The molecule has 2 aromatic rings. The topological polar surface area (TPSA) is 84.2 Å². The predicted molar refractivity (Wildman–Crippen MR) is 71.8 cm³/mol. The number of carbonyl (C=O) groups excluding carboxylic acids is 1. The summed E-state index contributed by atoms with van der Waals surface area (Å²) in [6.45, 7) is 3.70. The van der Waals surface area contributed by atoms with E-state index in [0.717, 1.165) is 10.9 Å². The van der Waals surface area contributed by atoms with E-state index in [-0.39, 0.29) is 11.9 Å². The van der Waals surface area contributed by atoms with Crippen molar-refractivity contribution >= 4 is 22.5 Å². The summed E-state index contributed by atoms with van der Waals surface area (Å²) in [6.07, 6.45) is 0. The Labute approximate surface area is 110 Å². The maximum absolute atomic E-state index is 12.5. The van der Waals surface area contributed by atoms with Crippen molar-refractivity contribution in [1.82, 2.24) is 15.1 Å². The van der Waals surface area contributed by atoms with Crippen LogP contribution in [-0.2, 0) is 4.74 Å². The Hall–Kier alpha value is -2.08. The zero-order valence-corrected chi connectivity index (χ0v) is 10.7. The third-order valence-corrected chi connectivity index (χ3v) is 3.42. The van der Waals surface area contributed by atoms with Gasteiger partial charge < -0.3 is 15.4 Å². The standard InChI is InChI=1S/C13H16N4O2/c1-8-7-19-5-4-17(8)13(18)12-10-6-9(14)2-3-11(10)15-16-12/h2-3,6,8H,4-5,7,14H2,1H3,(H,15,16)/t8-/m1/s1. The SMILES string of the molecule is C[C@@H]1COCCN1C(=O)c1n[nH]c2ccc(N)cc12. The maximum Gasteiger partial charge on any atom is 0.275 e. The second-order valence-corrected chi connectivity index (χ2v) is 4.80. The van der Waals surface area contributed by atoms with Gasteiger partial charge in [0.25, 0.3) is 5.91 Å². The summed E-state index contributed by atoms with van der Waals surface area (Å²) in [5.41, 5.74) is 7.64. The Kier molecular flexibility index (Phi) is 2.87. The van der Waals surface area contributed by atoms with Gasteiger partial charge in [0, 0.05) is 17.6 Å². The van der Waals surface area contributed by atoms with Gasteiger partial charge in [-0.2, -0.15) is 5.10 Å². The molecule has 2 heterocycles. The maximum atomic E-state index is 12.5. The Morgan fingerprint density at radius 2 is 2.42 bits per heavy atom. The summed E-state index contributed by atoms with van der Waals surface area (Å²) < 4.78 is 5.34. The largest absolute Gasteiger partial charge is 0.399 e. The van der Waals surface area contributed by atoms with Crippen LogP contribution in [0, 0.1) is 0 Å². The van der Waals surface area contributed by atoms with Crippen molar-refractivity contribution in [3.8, 4) is 0 Å². The first-order chi connectivity index (χ1) is 9.16. The molecule has 0 radical (unpaired) electrons. The van der Waals surface area contributed by atoms with Gasteiger partial charge in [-0.15, -0.1) is 0 Å². The number of H-pyrrole nitrogens is 1. The monoisotopic (exact) mass is 260 g/mol. The van der Waals surface area contributed by atoms with E-state index >= 15 is 0 Å². The number of anilines is 1. The van der Waals surface area contributed by atoms with Crippen LogP contribution in [0.4, 0.5) is 5.69 Å². The first kappa shape index (κ1) is 12.0. The van der Waals surface area contributed by atoms with E-state index in [0.29, 0.717) is 31.1 Å². The fourth-order valence-corrected chi connectivity index (χ4v) is 2.36. The van der Waals surface area contributed by atoms with Crippen molar-refractivity contribution in [2.24, 2.45) is 0 Å². The Morgan fingerprint density at radius 1 is 1.58 bits per heavy atom. The molecule has 0 saturated carbocycles. The first-order valence-corrected chi connectivity index (χ1v) is 6.29. The van der Waals surface area contributed by atoms with Crippen molar-refractivity contribution in [1.29, 1.82) is 0 Å². The molecule has 1 aliphatic rings. The number of hydrogen-bond donors (Lipinski definition) is 2. The van der Waals surface area contributed by atoms with E-state index in [4.69, 9.17) is 10.5 Å². The summed E-state index contributed by atoms with van der Waals surface area (Å²) >= 11 is 0. The molecule has 1 aromatic carbocycles. The van der Waals surface area contributed by atoms with Crippen LogP contribution in [0.15, 0.2) is 18.2 Å².